The molecule has 1 fully saturated rings. The Morgan fingerprint density at radius 1 is 1.29 bits per heavy atom. The van der Waals surface area contributed by atoms with Gasteiger partial charge in [-0.3, -0.25) is 9.59 Å². The summed E-state index contributed by atoms with van der Waals surface area (Å²) < 4.78 is 0. The van der Waals surface area contributed by atoms with E-state index in [9.17, 15) is 9.59 Å². The SMILES string of the molecule is C[C@@H](NC(=O)CC1CCCCC1)C(=O)N(C)[C@@H](C)CC#N. The van der Waals surface area contributed by atoms with Crippen molar-refractivity contribution in [3.63, 3.8) is 0 Å². The third-order valence-corrected chi connectivity index (χ3v) is 4.34. The van der Waals surface area contributed by atoms with Gasteiger partial charge in [0.15, 0.2) is 0 Å². The average molecular weight is 293 g/mol. The van der Waals surface area contributed by atoms with Crippen LogP contribution in [0, 0.1) is 17.2 Å². The Morgan fingerprint density at radius 2 is 1.90 bits per heavy atom. The molecule has 1 aliphatic carbocycles. The molecule has 1 saturated carbocycles. The van der Waals surface area contributed by atoms with Crippen molar-refractivity contribution in [3.05, 3.63) is 0 Å². The van der Waals surface area contributed by atoms with Crippen LogP contribution in [-0.4, -0.2) is 35.8 Å². The second-order valence-electron chi connectivity index (χ2n) is 6.16. The molecule has 0 aromatic rings. The lowest BCUT2D eigenvalue weighted by molar-refractivity contribution is -0.136. The van der Waals surface area contributed by atoms with Gasteiger partial charge in [-0.25, -0.2) is 0 Å². The molecule has 0 bridgehead atoms. The minimum Gasteiger partial charge on any atom is -0.345 e. The fourth-order valence-corrected chi connectivity index (χ4v) is 2.81. The van der Waals surface area contributed by atoms with Crippen molar-refractivity contribution >= 4 is 11.8 Å². The van der Waals surface area contributed by atoms with Crippen molar-refractivity contribution in [2.24, 2.45) is 5.92 Å². The highest BCUT2D eigenvalue weighted by atomic mass is 16.2. The summed E-state index contributed by atoms with van der Waals surface area (Å²) >= 11 is 0. The Kier molecular flexibility index (Phi) is 7.21. The Balaban J connectivity index is 2.40. The molecule has 5 nitrogen and oxygen atoms in total. The van der Waals surface area contributed by atoms with Gasteiger partial charge in [0.2, 0.25) is 11.8 Å². The zero-order chi connectivity index (χ0) is 15.8. The van der Waals surface area contributed by atoms with Crippen LogP contribution >= 0.6 is 0 Å². The second kappa shape index (κ2) is 8.66. The summed E-state index contributed by atoms with van der Waals surface area (Å²) in [5.41, 5.74) is 0. The first-order chi connectivity index (χ1) is 9.95. The molecule has 0 spiro atoms. The van der Waals surface area contributed by atoms with E-state index in [4.69, 9.17) is 5.26 Å². The van der Waals surface area contributed by atoms with E-state index in [-0.39, 0.29) is 17.9 Å². The minimum atomic E-state index is -0.535. The van der Waals surface area contributed by atoms with Gasteiger partial charge in [0, 0.05) is 19.5 Å². The molecule has 1 rings (SSSR count). The summed E-state index contributed by atoms with van der Waals surface area (Å²) in [6.45, 7) is 3.54. The van der Waals surface area contributed by atoms with E-state index in [1.165, 1.54) is 24.2 Å². The van der Waals surface area contributed by atoms with Crippen LogP contribution in [0.1, 0.15) is 58.8 Å². The molecule has 5 heteroatoms. The lowest BCUT2D eigenvalue weighted by Gasteiger charge is -2.27. The van der Waals surface area contributed by atoms with Crippen LogP contribution in [0.25, 0.3) is 0 Å². The van der Waals surface area contributed by atoms with E-state index in [0.717, 1.165) is 12.8 Å². The maximum Gasteiger partial charge on any atom is 0.244 e. The van der Waals surface area contributed by atoms with Gasteiger partial charge in [0.1, 0.15) is 6.04 Å². The summed E-state index contributed by atoms with van der Waals surface area (Å²) in [4.78, 5) is 25.7. The van der Waals surface area contributed by atoms with Crippen LogP contribution in [0.4, 0.5) is 0 Å². The van der Waals surface area contributed by atoms with Crippen molar-refractivity contribution < 1.29 is 9.59 Å². The van der Waals surface area contributed by atoms with Gasteiger partial charge in [-0.1, -0.05) is 19.3 Å². The quantitative estimate of drug-likeness (QED) is 0.816. The third kappa shape index (κ3) is 5.74. The molecule has 0 heterocycles. The number of nitrogens with one attached hydrogen (secondary N) is 1. The highest BCUT2D eigenvalue weighted by Crippen LogP contribution is 2.26. The molecule has 2 amide bonds. The number of nitriles is 1. The normalized spacial score (nSPS) is 18.4. The lowest BCUT2D eigenvalue weighted by Crippen LogP contribution is -2.48. The number of nitrogens with zero attached hydrogens (tertiary/aromatic N) is 2. The molecule has 0 radical (unpaired) electrons. The fourth-order valence-electron chi connectivity index (χ4n) is 2.81. The first-order valence-corrected chi connectivity index (χ1v) is 7.88. The number of hydrogen-bond acceptors (Lipinski definition) is 3. The lowest BCUT2D eigenvalue weighted by atomic mass is 9.87. The summed E-state index contributed by atoms with van der Waals surface area (Å²) in [7, 11) is 1.67. The molecular weight excluding hydrogens is 266 g/mol. The Morgan fingerprint density at radius 3 is 2.48 bits per heavy atom. The number of hydrogen-bond donors (Lipinski definition) is 1. The smallest absolute Gasteiger partial charge is 0.244 e. The number of rotatable bonds is 6. The second-order valence-corrected chi connectivity index (χ2v) is 6.16. The minimum absolute atomic E-state index is 0.0379. The summed E-state index contributed by atoms with van der Waals surface area (Å²) in [6.07, 6.45) is 6.75. The van der Waals surface area contributed by atoms with Gasteiger partial charge in [0.05, 0.1) is 12.5 Å². The van der Waals surface area contributed by atoms with E-state index in [2.05, 4.69) is 11.4 Å². The predicted molar refractivity (Wildman–Crippen MR) is 81.3 cm³/mol. The summed E-state index contributed by atoms with van der Waals surface area (Å²) in [5.74, 6) is 0.287. The van der Waals surface area contributed by atoms with E-state index in [0.29, 0.717) is 18.8 Å². The zero-order valence-electron chi connectivity index (χ0n) is 13.4. The van der Waals surface area contributed by atoms with Gasteiger partial charge in [-0.2, -0.15) is 5.26 Å². The highest BCUT2D eigenvalue weighted by Gasteiger charge is 2.24. The standard InChI is InChI=1S/C16H27N3O2/c1-12(9-10-17)19(3)16(21)13(2)18-15(20)11-14-7-5-4-6-8-14/h12-14H,4-9,11H2,1-3H3,(H,18,20)/t12-,13+/m0/s1. The van der Waals surface area contributed by atoms with E-state index >= 15 is 0 Å². The van der Waals surface area contributed by atoms with Crippen LogP contribution in [0.15, 0.2) is 0 Å². The monoisotopic (exact) mass is 293 g/mol. The molecular formula is C16H27N3O2. The molecule has 0 aromatic heterocycles. The molecule has 0 unspecified atom stereocenters. The van der Waals surface area contributed by atoms with Crippen molar-refractivity contribution in [2.45, 2.75) is 70.9 Å². The first-order valence-electron chi connectivity index (χ1n) is 7.88. The van der Waals surface area contributed by atoms with Crippen molar-refractivity contribution in [2.75, 3.05) is 7.05 Å². The van der Waals surface area contributed by atoms with Crippen molar-refractivity contribution in [1.82, 2.24) is 10.2 Å². The number of carbonyl (C=O) groups is 2. The summed E-state index contributed by atoms with van der Waals surface area (Å²) in [6, 6.07) is 1.38. The van der Waals surface area contributed by atoms with E-state index < -0.39 is 6.04 Å². The Bertz CT molecular complexity index is 397. The first kappa shape index (κ1) is 17.5. The fraction of sp³-hybridized carbons (Fsp3) is 0.812. The van der Waals surface area contributed by atoms with Crippen molar-refractivity contribution in [1.29, 1.82) is 5.26 Å². The van der Waals surface area contributed by atoms with Gasteiger partial charge in [-0.15, -0.1) is 0 Å². The molecule has 21 heavy (non-hydrogen) atoms. The van der Waals surface area contributed by atoms with E-state index in [1.54, 1.807) is 14.0 Å². The predicted octanol–water partition coefficient (Wildman–Crippen LogP) is 2.22. The molecule has 0 aliphatic heterocycles. The maximum atomic E-state index is 12.2. The van der Waals surface area contributed by atoms with Crippen LogP contribution in [0.3, 0.4) is 0 Å². The maximum absolute atomic E-state index is 12.2. The molecule has 1 N–H and O–H groups in total. The number of amides is 2. The van der Waals surface area contributed by atoms with Crippen LogP contribution < -0.4 is 5.32 Å². The topological polar surface area (TPSA) is 73.2 Å². The van der Waals surface area contributed by atoms with Crippen LogP contribution in [-0.2, 0) is 9.59 Å². The van der Waals surface area contributed by atoms with Gasteiger partial charge >= 0.3 is 0 Å². The molecule has 0 aromatic carbocycles. The zero-order valence-corrected chi connectivity index (χ0v) is 13.4. The molecule has 0 saturated heterocycles. The number of likely N-dealkylation sites (N-methyl/N-ethyl adjacent to an activating group) is 1. The third-order valence-electron chi connectivity index (χ3n) is 4.34. The van der Waals surface area contributed by atoms with Gasteiger partial charge in [-0.05, 0) is 32.6 Å². The number of carbonyl (C=O) groups excluding carboxylic acids is 2. The van der Waals surface area contributed by atoms with Gasteiger partial charge < -0.3 is 10.2 Å². The van der Waals surface area contributed by atoms with Crippen LogP contribution in [0.5, 0.6) is 0 Å². The average Bonchev–Trinajstić information content (AvgIpc) is 2.46. The largest absolute Gasteiger partial charge is 0.345 e. The van der Waals surface area contributed by atoms with E-state index in [1.807, 2.05) is 6.92 Å². The van der Waals surface area contributed by atoms with Crippen molar-refractivity contribution in [3.8, 4) is 6.07 Å². The summed E-state index contributed by atoms with van der Waals surface area (Å²) in [5, 5.41) is 11.5. The molecule has 1 aliphatic rings. The van der Waals surface area contributed by atoms with Gasteiger partial charge in [0.25, 0.3) is 0 Å². The Hall–Kier alpha value is -1.57. The molecule has 118 valence electrons. The Labute approximate surface area is 127 Å². The highest BCUT2D eigenvalue weighted by molar-refractivity contribution is 5.87. The van der Waals surface area contributed by atoms with Crippen LogP contribution in [0.2, 0.25) is 0 Å². The molecule has 2 atom stereocenters.